The van der Waals surface area contributed by atoms with Crippen molar-refractivity contribution in [1.29, 1.82) is 0 Å². The molecule has 14 heteroatoms. The van der Waals surface area contributed by atoms with E-state index in [-0.39, 0.29) is 62.8 Å². The first-order valence-corrected chi connectivity index (χ1v) is 17.4. The maximum atomic E-state index is 14.2. The summed E-state index contributed by atoms with van der Waals surface area (Å²) in [7, 11) is 0. The Bertz CT molecular complexity index is 2010. The van der Waals surface area contributed by atoms with Crippen molar-refractivity contribution in [3.63, 3.8) is 0 Å². The van der Waals surface area contributed by atoms with E-state index in [1.807, 2.05) is 19.9 Å². The number of aryl methyl sites for hydroxylation is 1. The molecule has 1 saturated heterocycles. The van der Waals surface area contributed by atoms with E-state index in [2.05, 4.69) is 6.58 Å². The summed E-state index contributed by atoms with van der Waals surface area (Å²) in [5.41, 5.74) is 1.15. The lowest BCUT2D eigenvalue weighted by molar-refractivity contribution is -0.155. The van der Waals surface area contributed by atoms with Gasteiger partial charge in [0.2, 0.25) is 0 Å². The molecule has 3 amide bonds. The number of fused-ring (bicyclic) bond motifs is 2. The van der Waals surface area contributed by atoms with Gasteiger partial charge in [0.15, 0.2) is 0 Å². The van der Waals surface area contributed by atoms with Crippen LogP contribution >= 0.6 is 0 Å². The molecule has 0 radical (unpaired) electrons. The minimum atomic E-state index is -1.16. The highest BCUT2D eigenvalue weighted by Crippen LogP contribution is 2.40. The van der Waals surface area contributed by atoms with Gasteiger partial charge in [-0.2, -0.15) is 0 Å². The number of esters is 1. The predicted octanol–water partition coefficient (Wildman–Crippen LogP) is 3.48. The average molecular weight is 713 g/mol. The van der Waals surface area contributed by atoms with Crippen molar-refractivity contribution in [2.45, 2.75) is 77.4 Å². The molecule has 3 aliphatic rings. The van der Waals surface area contributed by atoms with Crippen LogP contribution < -0.4 is 11.2 Å². The van der Waals surface area contributed by atoms with E-state index in [0.29, 0.717) is 34.4 Å². The maximum absolute atomic E-state index is 14.2. The fraction of sp³-hybridized carbons (Fsp3) is 0.395. The highest BCUT2D eigenvalue weighted by molar-refractivity contribution is 6.21. The Balaban J connectivity index is 1.28. The Morgan fingerprint density at radius 3 is 1.96 bits per heavy atom. The highest BCUT2D eigenvalue weighted by Gasteiger charge is 2.46. The maximum Gasteiger partial charge on any atom is 0.330 e. The number of carbonyl (C=O) groups excluding carboxylic acids is 4. The Hall–Kier alpha value is -5.63. The molecule has 3 aliphatic heterocycles. The van der Waals surface area contributed by atoms with Crippen molar-refractivity contribution >= 4 is 35.4 Å². The van der Waals surface area contributed by atoms with Crippen molar-refractivity contribution in [1.82, 2.24) is 18.9 Å². The van der Waals surface area contributed by atoms with Gasteiger partial charge in [-0.15, -0.1) is 0 Å². The SMILES string of the molecule is C=C1c2ccccc2C(=O)N1CCCn1c(=O)c([C@@H]2O[C@H](CC)C(C)[C@@H]2OC(=O)CCC(=O)O)cn(CCCN2C(=O)c3ccccc3C2=O)c1=O. The minimum Gasteiger partial charge on any atom is -0.481 e. The lowest BCUT2D eigenvalue weighted by Gasteiger charge is -2.23. The Kier molecular flexibility index (Phi) is 10.4. The Morgan fingerprint density at radius 1 is 0.808 bits per heavy atom. The van der Waals surface area contributed by atoms with Gasteiger partial charge in [0, 0.05) is 55.1 Å². The van der Waals surface area contributed by atoms with E-state index in [4.69, 9.17) is 14.6 Å². The molecule has 4 atom stereocenters. The summed E-state index contributed by atoms with van der Waals surface area (Å²) in [6.45, 7) is 7.93. The molecule has 1 N–H and O–H groups in total. The van der Waals surface area contributed by atoms with Crippen LogP contribution in [0, 0.1) is 5.92 Å². The van der Waals surface area contributed by atoms with Crippen molar-refractivity contribution in [2.75, 3.05) is 13.1 Å². The molecule has 2 aromatic carbocycles. The van der Waals surface area contributed by atoms with Crippen molar-refractivity contribution < 1.29 is 38.6 Å². The topological polar surface area (TPSA) is 175 Å². The number of carboxylic acids is 1. The highest BCUT2D eigenvalue weighted by atomic mass is 16.6. The van der Waals surface area contributed by atoms with E-state index in [9.17, 15) is 33.6 Å². The number of nitrogens with zero attached hydrogens (tertiary/aromatic N) is 4. The quantitative estimate of drug-likeness (QED) is 0.193. The molecular weight excluding hydrogens is 672 g/mol. The normalized spacial score (nSPS) is 20.8. The fourth-order valence-electron chi connectivity index (χ4n) is 7.21. The largest absolute Gasteiger partial charge is 0.481 e. The third kappa shape index (κ3) is 6.73. The second-order valence-electron chi connectivity index (χ2n) is 13.2. The van der Waals surface area contributed by atoms with E-state index in [1.54, 1.807) is 42.5 Å². The number of hydrogen-bond donors (Lipinski definition) is 1. The fourth-order valence-corrected chi connectivity index (χ4v) is 7.21. The summed E-state index contributed by atoms with van der Waals surface area (Å²) in [4.78, 5) is 93.5. The molecule has 0 bridgehead atoms. The molecule has 14 nitrogen and oxygen atoms in total. The van der Waals surface area contributed by atoms with Crippen molar-refractivity contribution in [3.05, 3.63) is 110 Å². The second-order valence-corrected chi connectivity index (χ2v) is 13.2. The molecule has 1 aromatic heterocycles. The van der Waals surface area contributed by atoms with Gasteiger partial charge < -0.3 is 19.5 Å². The molecule has 52 heavy (non-hydrogen) atoms. The van der Waals surface area contributed by atoms with Crippen molar-refractivity contribution in [2.24, 2.45) is 5.92 Å². The van der Waals surface area contributed by atoms with Crippen LogP contribution in [-0.4, -0.2) is 79.0 Å². The van der Waals surface area contributed by atoms with E-state index in [0.717, 1.165) is 9.47 Å². The molecule has 0 aliphatic carbocycles. The van der Waals surface area contributed by atoms with Crippen LogP contribution in [0.1, 0.15) is 94.3 Å². The summed E-state index contributed by atoms with van der Waals surface area (Å²) in [5.74, 6) is -3.35. The molecule has 272 valence electrons. The van der Waals surface area contributed by atoms with Gasteiger partial charge in [-0.25, -0.2) is 4.79 Å². The first-order chi connectivity index (χ1) is 24.9. The Morgan fingerprint density at radius 2 is 1.37 bits per heavy atom. The summed E-state index contributed by atoms with van der Waals surface area (Å²) in [6, 6.07) is 13.6. The van der Waals surface area contributed by atoms with E-state index >= 15 is 0 Å². The number of hydrogen-bond acceptors (Lipinski definition) is 9. The molecule has 0 saturated carbocycles. The number of rotatable bonds is 14. The zero-order valence-electron chi connectivity index (χ0n) is 29.0. The summed E-state index contributed by atoms with van der Waals surface area (Å²) in [6.07, 6.45) is -0.886. The minimum absolute atomic E-state index is 0.0195. The summed E-state index contributed by atoms with van der Waals surface area (Å²) in [5, 5.41) is 9.06. The summed E-state index contributed by atoms with van der Waals surface area (Å²) < 4.78 is 14.4. The van der Waals surface area contributed by atoms with Crippen LogP contribution in [-0.2, 0) is 32.2 Å². The van der Waals surface area contributed by atoms with Gasteiger partial charge in [0.1, 0.15) is 12.2 Å². The lowest BCUT2D eigenvalue weighted by atomic mass is 9.94. The third-order valence-corrected chi connectivity index (χ3v) is 9.97. The number of imide groups is 1. The molecule has 1 unspecified atom stereocenters. The van der Waals surface area contributed by atoms with Gasteiger partial charge in [0.25, 0.3) is 23.3 Å². The predicted molar refractivity (Wildman–Crippen MR) is 186 cm³/mol. The number of ether oxygens (including phenoxy) is 2. The Labute approximate surface area is 298 Å². The van der Waals surface area contributed by atoms with Gasteiger partial charge >= 0.3 is 17.6 Å². The van der Waals surface area contributed by atoms with Crippen LogP contribution in [0.4, 0.5) is 0 Å². The molecule has 3 aromatic rings. The first kappa shape index (κ1) is 36.2. The number of aromatic nitrogens is 2. The van der Waals surface area contributed by atoms with Crippen LogP contribution in [0.15, 0.2) is 70.9 Å². The summed E-state index contributed by atoms with van der Waals surface area (Å²) >= 11 is 0. The number of carbonyl (C=O) groups is 5. The van der Waals surface area contributed by atoms with Gasteiger partial charge in [-0.05, 0) is 37.5 Å². The number of aliphatic carboxylic acids is 1. The van der Waals surface area contributed by atoms with Gasteiger partial charge in [-0.1, -0.05) is 50.8 Å². The zero-order chi connectivity index (χ0) is 37.3. The monoisotopic (exact) mass is 712 g/mol. The molecule has 4 heterocycles. The van der Waals surface area contributed by atoms with Gasteiger partial charge in [-0.3, -0.25) is 42.8 Å². The van der Waals surface area contributed by atoms with Crippen LogP contribution in [0.5, 0.6) is 0 Å². The average Bonchev–Trinajstić information content (AvgIpc) is 3.67. The standard InChI is InChI=1S/C38H40N4O10/c1-4-29-22(2)32(52-31(45)16-15-30(43)44)33(51-29)28-21-39(17-9-19-41-35(47)26-13-7-8-14-27(26)36(41)48)38(50)42(37(28)49)20-10-18-40-23(3)24-11-5-6-12-25(24)34(40)46/h5-8,11-14,21-22,29,32-33H,3-4,9-10,15-20H2,1-2H3,(H,43,44)/t22?,29-,32+,33+/m1/s1. The molecule has 6 rings (SSSR count). The lowest BCUT2D eigenvalue weighted by Crippen LogP contribution is -2.44. The van der Waals surface area contributed by atoms with Crippen LogP contribution in [0.2, 0.25) is 0 Å². The van der Waals surface area contributed by atoms with Crippen molar-refractivity contribution in [3.8, 4) is 0 Å². The number of amides is 3. The third-order valence-electron chi connectivity index (χ3n) is 9.97. The van der Waals surface area contributed by atoms with E-state index in [1.165, 1.54) is 15.7 Å². The van der Waals surface area contributed by atoms with Crippen LogP contribution in [0.25, 0.3) is 5.70 Å². The zero-order valence-corrected chi connectivity index (χ0v) is 29.0. The molecule has 0 spiro atoms. The second kappa shape index (κ2) is 14.9. The molecule has 1 fully saturated rings. The smallest absolute Gasteiger partial charge is 0.330 e. The number of carboxylic acid groups (broad SMARTS) is 1. The van der Waals surface area contributed by atoms with Crippen LogP contribution in [0.3, 0.4) is 0 Å². The van der Waals surface area contributed by atoms with E-state index < -0.39 is 59.7 Å². The van der Waals surface area contributed by atoms with Gasteiger partial charge in [0.05, 0.1) is 35.6 Å². The first-order valence-electron chi connectivity index (χ1n) is 17.4. The number of benzene rings is 2. The molecular formula is C38H40N4O10.